The molecule has 21 heavy (non-hydrogen) atoms. The van der Waals surface area contributed by atoms with Crippen LogP contribution in [0.15, 0.2) is 64.6 Å². The molecule has 0 radical (unpaired) electrons. The number of hydrogen-bond donors (Lipinski definition) is 5. The van der Waals surface area contributed by atoms with Gasteiger partial charge in [-0.25, -0.2) is 0 Å². The van der Waals surface area contributed by atoms with Gasteiger partial charge in [0.2, 0.25) is 0 Å². The molecule has 0 amide bonds. The van der Waals surface area contributed by atoms with Gasteiger partial charge >= 0.3 is 0 Å². The van der Waals surface area contributed by atoms with Gasteiger partial charge in [-0.1, -0.05) is 35.6 Å². The number of benzene rings is 1. The van der Waals surface area contributed by atoms with E-state index >= 15 is 0 Å². The molecule has 0 heterocycles. The predicted molar refractivity (Wildman–Crippen MR) is 83.0 cm³/mol. The number of nitrogens with two attached hydrogens (primary N) is 2. The van der Waals surface area contributed by atoms with E-state index in [1.807, 2.05) is 30.3 Å². The molecule has 1 aromatic rings. The molecule has 0 bridgehead atoms. The monoisotopic (exact) mass is 283 g/mol. The van der Waals surface area contributed by atoms with Crippen LogP contribution in [-0.4, -0.2) is 11.7 Å². The molecular formula is C14H17N7. The molecular weight excluding hydrogens is 266 g/mol. The fourth-order valence-corrected chi connectivity index (χ4v) is 1.90. The minimum Gasteiger partial charge on any atom is -0.387 e. The third-order valence-corrected chi connectivity index (χ3v) is 3.25. The van der Waals surface area contributed by atoms with E-state index in [0.29, 0.717) is 12.1 Å². The molecule has 1 aromatic carbocycles. The molecule has 0 unspecified atom stereocenters. The molecule has 0 aromatic heterocycles. The highest BCUT2D eigenvalue weighted by Crippen LogP contribution is 2.30. The zero-order valence-electron chi connectivity index (χ0n) is 11.4. The third kappa shape index (κ3) is 3.14. The van der Waals surface area contributed by atoms with E-state index in [0.717, 1.165) is 5.69 Å². The maximum absolute atomic E-state index is 7.59. The van der Waals surface area contributed by atoms with E-state index in [9.17, 15) is 0 Å². The second kappa shape index (κ2) is 6.00. The smallest absolute Gasteiger partial charge is 0.109 e. The number of anilines is 1. The van der Waals surface area contributed by atoms with Crippen LogP contribution in [0.2, 0.25) is 0 Å². The van der Waals surface area contributed by atoms with Gasteiger partial charge in [-0.2, -0.15) is 0 Å². The summed E-state index contributed by atoms with van der Waals surface area (Å²) in [6.07, 6.45) is 5.35. The lowest BCUT2D eigenvalue weighted by Crippen LogP contribution is -2.45. The van der Waals surface area contributed by atoms with Crippen LogP contribution >= 0.6 is 0 Å². The normalized spacial score (nSPS) is 21.0. The average Bonchev–Trinajstić information content (AvgIpc) is 2.48. The highest BCUT2D eigenvalue weighted by atomic mass is 15.4. The number of allylic oxidation sites excluding steroid dienone is 2. The summed E-state index contributed by atoms with van der Waals surface area (Å²) in [5, 5.41) is 23.1. The molecule has 0 fully saturated rings. The van der Waals surface area contributed by atoms with Gasteiger partial charge in [0, 0.05) is 0 Å². The van der Waals surface area contributed by atoms with Crippen molar-refractivity contribution in [2.45, 2.75) is 6.42 Å². The summed E-state index contributed by atoms with van der Waals surface area (Å²) in [5.74, 6) is -0.304. The van der Waals surface area contributed by atoms with Gasteiger partial charge in [0.1, 0.15) is 17.1 Å². The Balaban J connectivity index is 2.02. The largest absolute Gasteiger partial charge is 0.387 e. The van der Waals surface area contributed by atoms with Gasteiger partial charge in [-0.05, 0) is 24.6 Å². The summed E-state index contributed by atoms with van der Waals surface area (Å²) in [7, 11) is 0. The van der Waals surface area contributed by atoms with Gasteiger partial charge in [-0.3, -0.25) is 16.2 Å². The maximum atomic E-state index is 7.59. The van der Waals surface area contributed by atoms with Crippen LogP contribution in [0.3, 0.4) is 0 Å². The van der Waals surface area contributed by atoms with Crippen LogP contribution < -0.4 is 16.9 Å². The third-order valence-electron chi connectivity index (χ3n) is 3.25. The van der Waals surface area contributed by atoms with E-state index < -0.39 is 5.41 Å². The van der Waals surface area contributed by atoms with Gasteiger partial charge in [0.05, 0.1) is 11.4 Å². The zero-order valence-corrected chi connectivity index (χ0v) is 11.4. The van der Waals surface area contributed by atoms with Crippen LogP contribution in [0.1, 0.15) is 6.42 Å². The van der Waals surface area contributed by atoms with E-state index in [-0.39, 0.29) is 11.7 Å². The topological polar surface area (TPSA) is 136 Å². The maximum Gasteiger partial charge on any atom is 0.109 e. The summed E-state index contributed by atoms with van der Waals surface area (Å²) >= 11 is 0. The summed E-state index contributed by atoms with van der Waals surface area (Å²) < 4.78 is 0. The van der Waals surface area contributed by atoms with Gasteiger partial charge < -0.3 is 11.5 Å². The first kappa shape index (κ1) is 14.4. The summed E-state index contributed by atoms with van der Waals surface area (Å²) in [4.78, 5) is 0. The number of para-hydroxylation sites is 1. The Morgan fingerprint density at radius 1 is 1.14 bits per heavy atom. The minimum absolute atomic E-state index is 0.152. The van der Waals surface area contributed by atoms with E-state index in [2.05, 4.69) is 15.8 Å². The first-order chi connectivity index (χ1) is 10.0. The second-order valence-electron chi connectivity index (χ2n) is 4.64. The molecule has 0 saturated carbocycles. The SMILES string of the molecule is N=C(N)C1(C(=N)N)C=CC(N=NNc2ccccc2)=CC1. The molecule has 0 aliphatic heterocycles. The first-order valence-electron chi connectivity index (χ1n) is 6.35. The van der Waals surface area contributed by atoms with E-state index in [1.165, 1.54) is 0 Å². The molecule has 7 nitrogen and oxygen atoms in total. The van der Waals surface area contributed by atoms with Crippen molar-refractivity contribution in [3.63, 3.8) is 0 Å². The van der Waals surface area contributed by atoms with Crippen LogP contribution in [0.4, 0.5) is 5.69 Å². The second-order valence-corrected chi connectivity index (χ2v) is 4.64. The standard InChI is InChI=1S/C14H17N7/c15-12(16)14(13(17)18)8-6-11(7-9-14)20-21-19-10-4-2-1-3-5-10/h1-8H,9H2,(H3,15,16)(H3,17,18)(H,19,20). The molecule has 1 aliphatic carbocycles. The first-order valence-corrected chi connectivity index (χ1v) is 6.35. The molecule has 7 heteroatoms. The summed E-state index contributed by atoms with van der Waals surface area (Å²) in [6, 6.07) is 9.45. The van der Waals surface area contributed by atoms with Crippen LogP contribution in [-0.2, 0) is 0 Å². The van der Waals surface area contributed by atoms with Crippen LogP contribution in [0.25, 0.3) is 0 Å². The Bertz CT molecular complexity index is 614. The highest BCUT2D eigenvalue weighted by molar-refractivity contribution is 6.08. The Labute approximate surface area is 122 Å². The molecule has 2 rings (SSSR count). The van der Waals surface area contributed by atoms with Crippen molar-refractivity contribution in [1.29, 1.82) is 10.8 Å². The lowest BCUT2D eigenvalue weighted by atomic mass is 9.79. The zero-order chi connectivity index (χ0) is 15.3. The minimum atomic E-state index is -1.04. The number of nitrogens with zero attached hydrogens (tertiary/aromatic N) is 2. The van der Waals surface area contributed by atoms with Crippen LogP contribution in [0.5, 0.6) is 0 Å². The lowest BCUT2D eigenvalue weighted by Gasteiger charge is -2.28. The molecule has 108 valence electrons. The van der Waals surface area contributed by atoms with Crippen molar-refractivity contribution in [2.24, 2.45) is 27.2 Å². The predicted octanol–water partition coefficient (Wildman–Crippen LogP) is 2.17. The fraction of sp³-hybridized carbons (Fsp3) is 0.143. The van der Waals surface area contributed by atoms with E-state index in [1.54, 1.807) is 18.2 Å². The van der Waals surface area contributed by atoms with Crippen molar-refractivity contribution >= 4 is 17.4 Å². The van der Waals surface area contributed by atoms with Crippen molar-refractivity contribution in [1.82, 2.24) is 0 Å². The molecule has 0 atom stereocenters. The Hall–Kier alpha value is -2.96. The van der Waals surface area contributed by atoms with Crippen molar-refractivity contribution in [3.05, 3.63) is 54.3 Å². The van der Waals surface area contributed by atoms with E-state index in [4.69, 9.17) is 22.3 Å². The van der Waals surface area contributed by atoms with Crippen molar-refractivity contribution in [2.75, 3.05) is 5.43 Å². The fourth-order valence-electron chi connectivity index (χ4n) is 1.90. The lowest BCUT2D eigenvalue weighted by molar-refractivity contribution is 0.695. The number of nitrogens with one attached hydrogen (secondary N) is 3. The van der Waals surface area contributed by atoms with Gasteiger partial charge in [0.25, 0.3) is 0 Å². The number of hydrogen-bond acceptors (Lipinski definition) is 4. The Morgan fingerprint density at radius 3 is 2.33 bits per heavy atom. The summed E-state index contributed by atoms with van der Waals surface area (Å²) in [6.45, 7) is 0. The molecule has 0 saturated heterocycles. The quantitative estimate of drug-likeness (QED) is 0.245. The van der Waals surface area contributed by atoms with Gasteiger partial charge in [0.15, 0.2) is 0 Å². The highest BCUT2D eigenvalue weighted by Gasteiger charge is 2.35. The average molecular weight is 283 g/mol. The van der Waals surface area contributed by atoms with Crippen LogP contribution in [0, 0.1) is 16.2 Å². The summed E-state index contributed by atoms with van der Waals surface area (Å²) in [5.41, 5.74) is 14.3. The van der Waals surface area contributed by atoms with Gasteiger partial charge in [-0.15, -0.1) is 5.11 Å². The van der Waals surface area contributed by atoms with Crippen molar-refractivity contribution in [3.8, 4) is 0 Å². The molecule has 1 aliphatic rings. The molecule has 0 spiro atoms. The Morgan fingerprint density at radius 2 is 1.81 bits per heavy atom. The van der Waals surface area contributed by atoms with Crippen molar-refractivity contribution < 1.29 is 0 Å². The molecule has 7 N–H and O–H groups in total. The number of amidine groups is 2. The number of rotatable bonds is 5. The Kier molecular flexibility index (Phi) is 4.13.